The fraction of sp³-hybridized carbons (Fsp3) is 0.158. The Hall–Kier alpha value is -3.31. The number of nitrogens with one attached hydrogen (secondary N) is 2. The quantitative estimate of drug-likeness (QED) is 0.661. The summed E-state index contributed by atoms with van der Waals surface area (Å²) in [7, 11) is -4.38. The van der Waals surface area contributed by atoms with Gasteiger partial charge in [0.1, 0.15) is 10.9 Å². The molecule has 2 aliphatic rings. The van der Waals surface area contributed by atoms with E-state index in [9.17, 15) is 32.0 Å². The van der Waals surface area contributed by atoms with Crippen molar-refractivity contribution in [1.82, 2.24) is 10.2 Å². The lowest BCUT2D eigenvalue weighted by Gasteiger charge is -2.27. The van der Waals surface area contributed by atoms with Crippen LogP contribution in [0.25, 0.3) is 0 Å². The minimum absolute atomic E-state index is 0.0103. The Bertz CT molecular complexity index is 1280. The molecule has 0 spiro atoms. The summed E-state index contributed by atoms with van der Waals surface area (Å²) < 4.78 is 41.4. The standard InChI is InChI=1S/C19H13ClFN3O6S/c20-12-2-1-3-14(16(12)21)31(29,30)23-9-4-5-10-11(8-9)19(28)24(18(10)27)13-6-7-15(25)22-17(13)26/h1-5,8,13,23H,6-7H2,(H,22,25,26). The van der Waals surface area contributed by atoms with Crippen LogP contribution in [0.5, 0.6) is 0 Å². The minimum Gasteiger partial charge on any atom is -0.295 e. The van der Waals surface area contributed by atoms with Crippen molar-refractivity contribution in [3.8, 4) is 0 Å². The largest absolute Gasteiger partial charge is 0.295 e. The van der Waals surface area contributed by atoms with Gasteiger partial charge in [0, 0.05) is 12.1 Å². The zero-order chi connectivity index (χ0) is 22.5. The Balaban J connectivity index is 1.64. The van der Waals surface area contributed by atoms with Gasteiger partial charge in [-0.2, -0.15) is 0 Å². The highest BCUT2D eigenvalue weighted by Crippen LogP contribution is 2.31. The summed E-state index contributed by atoms with van der Waals surface area (Å²) in [6, 6.07) is 5.93. The second-order valence-corrected chi connectivity index (χ2v) is 8.92. The zero-order valence-corrected chi connectivity index (χ0v) is 17.1. The van der Waals surface area contributed by atoms with Gasteiger partial charge < -0.3 is 0 Å². The van der Waals surface area contributed by atoms with Gasteiger partial charge in [-0.15, -0.1) is 0 Å². The van der Waals surface area contributed by atoms with Crippen LogP contribution < -0.4 is 10.0 Å². The average Bonchev–Trinajstić information content (AvgIpc) is 2.94. The second kappa shape index (κ2) is 7.43. The number of hydrogen-bond acceptors (Lipinski definition) is 6. The molecule has 2 heterocycles. The molecule has 2 aromatic carbocycles. The first-order valence-electron chi connectivity index (χ1n) is 8.92. The summed E-state index contributed by atoms with van der Waals surface area (Å²) in [6.07, 6.45) is -0.0380. The highest BCUT2D eigenvalue weighted by Gasteiger charge is 2.44. The highest BCUT2D eigenvalue weighted by molar-refractivity contribution is 7.92. The number of halogens is 2. The summed E-state index contributed by atoms with van der Waals surface area (Å²) in [5.74, 6) is -3.92. The number of carbonyl (C=O) groups excluding carboxylic acids is 4. The molecular weight excluding hydrogens is 453 g/mol. The average molecular weight is 466 g/mol. The Morgan fingerprint density at radius 3 is 2.48 bits per heavy atom. The van der Waals surface area contributed by atoms with Gasteiger partial charge in [-0.05, 0) is 36.8 Å². The van der Waals surface area contributed by atoms with Crippen LogP contribution in [-0.4, -0.2) is 43.0 Å². The molecule has 0 aliphatic carbocycles. The summed E-state index contributed by atoms with van der Waals surface area (Å²) in [6.45, 7) is 0. The van der Waals surface area contributed by atoms with Crippen molar-refractivity contribution in [2.24, 2.45) is 0 Å². The van der Waals surface area contributed by atoms with E-state index in [-0.39, 0.29) is 34.7 Å². The van der Waals surface area contributed by atoms with Gasteiger partial charge in [-0.3, -0.25) is 34.1 Å². The van der Waals surface area contributed by atoms with Gasteiger partial charge in [-0.25, -0.2) is 12.8 Å². The Morgan fingerprint density at radius 2 is 1.77 bits per heavy atom. The van der Waals surface area contributed by atoms with Crippen LogP contribution in [0, 0.1) is 5.82 Å². The predicted octanol–water partition coefficient (Wildman–Crippen LogP) is 1.68. The van der Waals surface area contributed by atoms with Crippen molar-refractivity contribution in [1.29, 1.82) is 0 Å². The third-order valence-electron chi connectivity index (χ3n) is 4.90. The van der Waals surface area contributed by atoms with Gasteiger partial charge in [0.2, 0.25) is 11.8 Å². The van der Waals surface area contributed by atoms with Crippen molar-refractivity contribution in [2.75, 3.05) is 4.72 Å². The van der Waals surface area contributed by atoms with E-state index in [1.54, 1.807) is 0 Å². The Morgan fingerprint density at radius 1 is 1.06 bits per heavy atom. The fourth-order valence-electron chi connectivity index (χ4n) is 3.44. The molecule has 2 aromatic rings. The van der Waals surface area contributed by atoms with Crippen LogP contribution in [0.2, 0.25) is 5.02 Å². The van der Waals surface area contributed by atoms with E-state index in [1.165, 1.54) is 24.3 Å². The molecule has 160 valence electrons. The van der Waals surface area contributed by atoms with E-state index in [4.69, 9.17) is 11.6 Å². The lowest BCUT2D eigenvalue weighted by atomic mass is 10.0. The summed E-state index contributed by atoms with van der Waals surface area (Å²) in [5, 5.41) is 1.71. The molecule has 1 saturated heterocycles. The molecule has 1 fully saturated rings. The van der Waals surface area contributed by atoms with Crippen LogP contribution >= 0.6 is 11.6 Å². The number of piperidine rings is 1. The lowest BCUT2D eigenvalue weighted by molar-refractivity contribution is -0.136. The molecule has 0 radical (unpaired) electrons. The molecule has 0 saturated carbocycles. The van der Waals surface area contributed by atoms with Crippen molar-refractivity contribution in [3.63, 3.8) is 0 Å². The van der Waals surface area contributed by atoms with Crippen LogP contribution in [-0.2, 0) is 19.6 Å². The van der Waals surface area contributed by atoms with Crippen LogP contribution in [0.15, 0.2) is 41.3 Å². The number of fused-ring (bicyclic) bond motifs is 1. The van der Waals surface area contributed by atoms with Gasteiger partial charge in [0.05, 0.1) is 16.1 Å². The summed E-state index contributed by atoms with van der Waals surface area (Å²) in [5.41, 5.74) is -0.238. The first-order chi connectivity index (χ1) is 14.6. The molecule has 0 bridgehead atoms. The number of amides is 4. The molecule has 2 N–H and O–H groups in total. The molecular formula is C19H13ClFN3O6S. The maximum Gasteiger partial charge on any atom is 0.264 e. The molecule has 0 aromatic heterocycles. The van der Waals surface area contributed by atoms with Crippen LogP contribution in [0.4, 0.5) is 10.1 Å². The number of carbonyl (C=O) groups is 4. The van der Waals surface area contributed by atoms with E-state index in [2.05, 4.69) is 10.0 Å². The lowest BCUT2D eigenvalue weighted by Crippen LogP contribution is -2.54. The monoisotopic (exact) mass is 465 g/mol. The number of benzene rings is 2. The number of rotatable bonds is 4. The molecule has 1 atom stereocenters. The van der Waals surface area contributed by atoms with Gasteiger partial charge in [-0.1, -0.05) is 17.7 Å². The Labute approximate surface area is 180 Å². The van der Waals surface area contributed by atoms with Crippen molar-refractivity contribution in [3.05, 3.63) is 58.4 Å². The van der Waals surface area contributed by atoms with Crippen molar-refractivity contribution in [2.45, 2.75) is 23.8 Å². The minimum atomic E-state index is -4.38. The predicted molar refractivity (Wildman–Crippen MR) is 105 cm³/mol. The van der Waals surface area contributed by atoms with E-state index in [0.717, 1.165) is 17.0 Å². The Kier molecular flexibility index (Phi) is 5.02. The summed E-state index contributed by atoms with van der Waals surface area (Å²) in [4.78, 5) is 49.0. The maximum atomic E-state index is 14.1. The molecule has 4 amide bonds. The van der Waals surface area contributed by atoms with E-state index in [1.807, 2.05) is 0 Å². The number of imide groups is 2. The SMILES string of the molecule is O=C1CCC(N2C(=O)c3ccc(NS(=O)(=O)c4cccc(Cl)c4F)cc3C2=O)C(=O)N1. The third kappa shape index (κ3) is 3.55. The number of nitrogens with zero attached hydrogens (tertiary/aromatic N) is 1. The van der Waals surface area contributed by atoms with Crippen molar-refractivity contribution >= 4 is 50.9 Å². The second-order valence-electron chi connectivity index (χ2n) is 6.87. The van der Waals surface area contributed by atoms with Crippen LogP contribution in [0.3, 0.4) is 0 Å². The van der Waals surface area contributed by atoms with Crippen LogP contribution in [0.1, 0.15) is 33.6 Å². The molecule has 4 rings (SSSR count). The smallest absolute Gasteiger partial charge is 0.264 e. The first-order valence-corrected chi connectivity index (χ1v) is 10.8. The maximum absolute atomic E-state index is 14.1. The van der Waals surface area contributed by atoms with Gasteiger partial charge in [0.25, 0.3) is 21.8 Å². The number of hydrogen-bond donors (Lipinski definition) is 2. The molecule has 2 aliphatic heterocycles. The van der Waals surface area contributed by atoms with Gasteiger partial charge >= 0.3 is 0 Å². The van der Waals surface area contributed by atoms with E-state index in [0.29, 0.717) is 0 Å². The van der Waals surface area contributed by atoms with Crippen molar-refractivity contribution < 1.29 is 32.0 Å². The molecule has 9 nitrogen and oxygen atoms in total. The first kappa shape index (κ1) is 20.9. The molecule has 1 unspecified atom stereocenters. The fourth-order valence-corrected chi connectivity index (χ4v) is 4.82. The number of anilines is 1. The number of sulfonamides is 1. The van der Waals surface area contributed by atoms with Gasteiger partial charge in [0.15, 0.2) is 5.82 Å². The molecule has 12 heteroatoms. The normalized spacial score (nSPS) is 18.8. The third-order valence-corrected chi connectivity index (χ3v) is 6.59. The summed E-state index contributed by atoms with van der Waals surface area (Å²) >= 11 is 5.64. The van der Waals surface area contributed by atoms with E-state index < -0.39 is 50.4 Å². The topological polar surface area (TPSA) is 130 Å². The highest BCUT2D eigenvalue weighted by atomic mass is 35.5. The van der Waals surface area contributed by atoms with E-state index >= 15 is 0 Å². The zero-order valence-electron chi connectivity index (χ0n) is 15.5. The molecule has 31 heavy (non-hydrogen) atoms.